The molecule has 1 aliphatic heterocycles. The molecule has 1 aromatic carbocycles. The highest BCUT2D eigenvalue weighted by Crippen LogP contribution is 2.19. The van der Waals surface area contributed by atoms with Crippen LogP contribution in [0.25, 0.3) is 0 Å². The Morgan fingerprint density at radius 2 is 1.90 bits per heavy atom. The van der Waals surface area contributed by atoms with Crippen molar-refractivity contribution < 1.29 is 4.74 Å². The van der Waals surface area contributed by atoms with Crippen LogP contribution in [0, 0.1) is 0 Å². The number of hydrogen-bond acceptors (Lipinski definition) is 4. The van der Waals surface area contributed by atoms with E-state index in [9.17, 15) is 0 Å². The fourth-order valence-corrected chi connectivity index (χ4v) is 2.47. The van der Waals surface area contributed by atoms with E-state index in [1.807, 2.05) is 12.4 Å². The predicted octanol–water partition coefficient (Wildman–Crippen LogP) is 2.29. The molecule has 0 aliphatic carbocycles. The van der Waals surface area contributed by atoms with Gasteiger partial charge in [0.25, 0.3) is 0 Å². The molecule has 2 aromatic rings. The summed E-state index contributed by atoms with van der Waals surface area (Å²) in [4.78, 5) is 8.82. The Hall–Kier alpha value is -1.78. The Kier molecular flexibility index (Phi) is 4.58. The van der Waals surface area contributed by atoms with Gasteiger partial charge in [-0.1, -0.05) is 31.2 Å². The molecule has 1 aliphatic rings. The first-order valence-electron chi connectivity index (χ1n) is 7.56. The van der Waals surface area contributed by atoms with Crippen LogP contribution in [0.5, 0.6) is 0 Å². The van der Waals surface area contributed by atoms with Crippen molar-refractivity contribution in [2.45, 2.75) is 25.9 Å². The van der Waals surface area contributed by atoms with Crippen LogP contribution in [-0.4, -0.2) is 29.7 Å². The maximum absolute atomic E-state index is 5.76. The van der Waals surface area contributed by atoms with Gasteiger partial charge in [0.1, 0.15) is 5.82 Å². The van der Waals surface area contributed by atoms with E-state index in [4.69, 9.17) is 4.74 Å². The van der Waals surface area contributed by atoms with Crippen molar-refractivity contribution >= 4 is 0 Å². The molecule has 1 atom stereocenters. The standard InChI is InChI=1S/C17H21N3O/c1-2-13-10-19-17(20-11-13)9-14-3-5-15(6-4-14)16-12-18-7-8-21-16/h3-6,10-11,16,18H,2,7-9,12H2,1H3/t16-/m0/s1. The molecule has 21 heavy (non-hydrogen) atoms. The van der Waals surface area contributed by atoms with E-state index in [1.54, 1.807) is 0 Å². The average molecular weight is 283 g/mol. The number of benzene rings is 1. The van der Waals surface area contributed by atoms with Crippen LogP contribution in [0.2, 0.25) is 0 Å². The maximum atomic E-state index is 5.76. The van der Waals surface area contributed by atoms with Gasteiger partial charge in [-0.25, -0.2) is 9.97 Å². The minimum absolute atomic E-state index is 0.174. The van der Waals surface area contributed by atoms with Gasteiger partial charge >= 0.3 is 0 Å². The first-order valence-corrected chi connectivity index (χ1v) is 7.56. The highest BCUT2D eigenvalue weighted by molar-refractivity contribution is 5.27. The zero-order valence-electron chi connectivity index (χ0n) is 12.4. The molecule has 0 unspecified atom stereocenters. The van der Waals surface area contributed by atoms with Crippen LogP contribution in [0.3, 0.4) is 0 Å². The monoisotopic (exact) mass is 283 g/mol. The molecule has 110 valence electrons. The normalized spacial score (nSPS) is 18.6. The molecule has 1 aromatic heterocycles. The number of aryl methyl sites for hydroxylation is 1. The van der Waals surface area contributed by atoms with E-state index in [0.717, 1.165) is 38.4 Å². The molecular weight excluding hydrogens is 262 g/mol. The van der Waals surface area contributed by atoms with Crippen LogP contribution in [0.15, 0.2) is 36.7 Å². The molecule has 0 bridgehead atoms. The number of rotatable bonds is 4. The van der Waals surface area contributed by atoms with Crippen molar-refractivity contribution in [1.29, 1.82) is 0 Å². The van der Waals surface area contributed by atoms with Gasteiger partial charge in [-0.3, -0.25) is 0 Å². The number of hydrogen-bond donors (Lipinski definition) is 1. The summed E-state index contributed by atoms with van der Waals surface area (Å²) in [5, 5.41) is 3.35. The average Bonchev–Trinajstić information content (AvgIpc) is 2.57. The summed E-state index contributed by atoms with van der Waals surface area (Å²) in [5.41, 5.74) is 3.64. The van der Waals surface area contributed by atoms with E-state index in [0.29, 0.717) is 0 Å². The third kappa shape index (κ3) is 3.65. The summed E-state index contributed by atoms with van der Waals surface area (Å²) >= 11 is 0. The minimum Gasteiger partial charge on any atom is -0.371 e. The molecule has 0 spiro atoms. The number of aromatic nitrogens is 2. The molecule has 4 nitrogen and oxygen atoms in total. The number of ether oxygens (including phenoxy) is 1. The summed E-state index contributed by atoms with van der Waals surface area (Å²) in [5.74, 6) is 0.871. The molecule has 1 fully saturated rings. The number of nitrogens with zero attached hydrogens (tertiary/aromatic N) is 2. The van der Waals surface area contributed by atoms with E-state index in [1.165, 1.54) is 16.7 Å². The lowest BCUT2D eigenvalue weighted by Crippen LogP contribution is -2.33. The van der Waals surface area contributed by atoms with Gasteiger partial charge in [0.15, 0.2) is 0 Å². The molecule has 1 N–H and O–H groups in total. The zero-order chi connectivity index (χ0) is 14.5. The van der Waals surface area contributed by atoms with Crippen molar-refractivity contribution in [3.05, 3.63) is 59.2 Å². The highest BCUT2D eigenvalue weighted by Gasteiger charge is 2.15. The minimum atomic E-state index is 0.174. The van der Waals surface area contributed by atoms with Gasteiger partial charge in [-0.05, 0) is 23.1 Å². The lowest BCUT2D eigenvalue weighted by molar-refractivity contribution is 0.0277. The van der Waals surface area contributed by atoms with Gasteiger partial charge in [-0.2, -0.15) is 0 Å². The Morgan fingerprint density at radius 3 is 2.52 bits per heavy atom. The molecule has 0 radical (unpaired) electrons. The number of nitrogens with one attached hydrogen (secondary N) is 1. The van der Waals surface area contributed by atoms with Crippen LogP contribution in [0.4, 0.5) is 0 Å². The molecule has 0 amide bonds. The van der Waals surface area contributed by atoms with Crippen LogP contribution in [-0.2, 0) is 17.6 Å². The van der Waals surface area contributed by atoms with Gasteiger partial charge < -0.3 is 10.1 Å². The van der Waals surface area contributed by atoms with E-state index in [-0.39, 0.29) is 6.10 Å². The summed E-state index contributed by atoms with van der Waals surface area (Å²) in [7, 11) is 0. The van der Waals surface area contributed by atoms with Crippen molar-refractivity contribution in [3.8, 4) is 0 Å². The third-order valence-corrected chi connectivity index (χ3v) is 3.81. The summed E-state index contributed by atoms with van der Waals surface area (Å²) < 4.78 is 5.76. The summed E-state index contributed by atoms with van der Waals surface area (Å²) in [6, 6.07) is 8.58. The molecule has 1 saturated heterocycles. The third-order valence-electron chi connectivity index (χ3n) is 3.81. The van der Waals surface area contributed by atoms with Crippen molar-refractivity contribution in [3.63, 3.8) is 0 Å². The zero-order valence-corrected chi connectivity index (χ0v) is 12.4. The Balaban J connectivity index is 1.65. The second-order valence-electron chi connectivity index (χ2n) is 5.34. The molecule has 3 rings (SSSR count). The molecule has 4 heteroatoms. The van der Waals surface area contributed by atoms with Crippen molar-refractivity contribution in [2.75, 3.05) is 19.7 Å². The Bertz CT molecular complexity index is 560. The fourth-order valence-electron chi connectivity index (χ4n) is 2.47. The Labute approximate surface area is 125 Å². The largest absolute Gasteiger partial charge is 0.371 e. The lowest BCUT2D eigenvalue weighted by atomic mass is 10.0. The van der Waals surface area contributed by atoms with Crippen molar-refractivity contribution in [1.82, 2.24) is 15.3 Å². The Morgan fingerprint density at radius 1 is 1.14 bits per heavy atom. The predicted molar refractivity (Wildman–Crippen MR) is 82.2 cm³/mol. The van der Waals surface area contributed by atoms with Crippen LogP contribution >= 0.6 is 0 Å². The lowest BCUT2D eigenvalue weighted by Gasteiger charge is -2.24. The number of morpholine rings is 1. The quantitative estimate of drug-likeness (QED) is 0.935. The molecule has 0 saturated carbocycles. The smallest absolute Gasteiger partial charge is 0.132 e. The summed E-state index contributed by atoms with van der Waals surface area (Å²) in [6.07, 6.45) is 5.75. The maximum Gasteiger partial charge on any atom is 0.132 e. The van der Waals surface area contributed by atoms with Gasteiger partial charge in [-0.15, -0.1) is 0 Å². The van der Waals surface area contributed by atoms with E-state index >= 15 is 0 Å². The first-order chi connectivity index (χ1) is 10.3. The van der Waals surface area contributed by atoms with Gasteiger partial charge in [0.05, 0.1) is 12.7 Å². The van der Waals surface area contributed by atoms with E-state index in [2.05, 4.69) is 46.5 Å². The molecule has 2 heterocycles. The van der Waals surface area contributed by atoms with Crippen LogP contribution in [0.1, 0.15) is 35.5 Å². The van der Waals surface area contributed by atoms with Crippen LogP contribution < -0.4 is 5.32 Å². The molecular formula is C17H21N3O. The van der Waals surface area contributed by atoms with Gasteiger partial charge in [0, 0.05) is 31.9 Å². The van der Waals surface area contributed by atoms with Crippen molar-refractivity contribution in [2.24, 2.45) is 0 Å². The second-order valence-corrected chi connectivity index (χ2v) is 5.34. The van der Waals surface area contributed by atoms with Gasteiger partial charge in [0.2, 0.25) is 0 Å². The summed E-state index contributed by atoms with van der Waals surface area (Å²) in [6.45, 7) is 4.73. The van der Waals surface area contributed by atoms with E-state index < -0.39 is 0 Å². The SMILES string of the molecule is CCc1cnc(Cc2ccc([C@@H]3CNCCO3)cc2)nc1. The fraction of sp³-hybridized carbons (Fsp3) is 0.412. The second kappa shape index (κ2) is 6.78. The highest BCUT2D eigenvalue weighted by atomic mass is 16.5. The first kappa shape index (κ1) is 14.2. The topological polar surface area (TPSA) is 47.0 Å².